The number of hydrogen-bond acceptors (Lipinski definition) is 3. The molecule has 0 aliphatic carbocycles. The van der Waals surface area contributed by atoms with Crippen molar-refractivity contribution in [3.63, 3.8) is 0 Å². The first-order valence-corrected chi connectivity index (χ1v) is 8.84. The third-order valence-electron chi connectivity index (χ3n) is 4.63. The number of methoxy groups -OCH3 is 1. The summed E-state index contributed by atoms with van der Waals surface area (Å²) in [7, 11) is 3.61. The van der Waals surface area contributed by atoms with E-state index in [9.17, 15) is 4.79 Å². The Kier molecular flexibility index (Phi) is 5.26. The summed E-state index contributed by atoms with van der Waals surface area (Å²) in [6.45, 7) is 4.18. The summed E-state index contributed by atoms with van der Waals surface area (Å²) < 4.78 is 7.40. The number of ether oxygens (including phenoxy) is 1. The van der Waals surface area contributed by atoms with Gasteiger partial charge in [-0.2, -0.15) is 0 Å². The average Bonchev–Trinajstić information content (AvgIpc) is 2.97. The Hall–Kier alpha value is -2.82. The second kappa shape index (κ2) is 7.60. The zero-order chi connectivity index (χ0) is 18.7. The van der Waals surface area contributed by atoms with E-state index < -0.39 is 0 Å². The van der Waals surface area contributed by atoms with E-state index in [-0.39, 0.29) is 24.3 Å². The Balaban J connectivity index is 1.84. The minimum Gasteiger partial charge on any atom is -0.496 e. The number of aromatic nitrogens is 2. The highest BCUT2D eigenvalue weighted by molar-refractivity contribution is 5.80. The molecule has 0 aliphatic heterocycles. The van der Waals surface area contributed by atoms with Crippen LogP contribution in [0, 0.1) is 5.92 Å². The Morgan fingerprint density at radius 2 is 1.85 bits per heavy atom. The lowest BCUT2D eigenvalue weighted by molar-refractivity contribution is -0.121. The number of nitrogens with one attached hydrogen (secondary N) is 1. The smallest absolute Gasteiger partial charge is 0.225 e. The molecule has 1 aromatic heterocycles. The third-order valence-corrected chi connectivity index (χ3v) is 4.63. The molecule has 1 atom stereocenters. The number of carbonyl (C=O) groups is 1. The van der Waals surface area contributed by atoms with Crippen LogP contribution >= 0.6 is 0 Å². The predicted molar refractivity (Wildman–Crippen MR) is 103 cm³/mol. The fourth-order valence-corrected chi connectivity index (χ4v) is 3.22. The van der Waals surface area contributed by atoms with E-state index >= 15 is 0 Å². The molecule has 1 amide bonds. The van der Waals surface area contributed by atoms with Gasteiger partial charge in [0, 0.05) is 12.6 Å². The van der Waals surface area contributed by atoms with Gasteiger partial charge < -0.3 is 14.6 Å². The first-order valence-electron chi connectivity index (χ1n) is 8.84. The summed E-state index contributed by atoms with van der Waals surface area (Å²) in [5.41, 5.74) is 2.88. The maximum absolute atomic E-state index is 12.7. The van der Waals surface area contributed by atoms with Crippen LogP contribution in [0.3, 0.4) is 0 Å². The van der Waals surface area contributed by atoms with Crippen LogP contribution in [0.2, 0.25) is 0 Å². The number of rotatable bonds is 6. The second-order valence-electron chi connectivity index (χ2n) is 6.80. The van der Waals surface area contributed by atoms with E-state index in [0.717, 1.165) is 28.2 Å². The number of benzene rings is 2. The number of carbonyl (C=O) groups excluding carboxylic acids is 1. The predicted octanol–water partition coefficient (Wildman–Crippen LogP) is 3.64. The first kappa shape index (κ1) is 18.0. The SMILES string of the molecule is COc1ccccc1CC(=O)NC(c1nc2ccccc2n1C)C(C)C. The monoisotopic (exact) mass is 351 g/mol. The van der Waals surface area contributed by atoms with Gasteiger partial charge in [-0.25, -0.2) is 4.98 Å². The van der Waals surface area contributed by atoms with Gasteiger partial charge in [0.1, 0.15) is 11.6 Å². The van der Waals surface area contributed by atoms with Gasteiger partial charge in [-0.1, -0.05) is 44.2 Å². The van der Waals surface area contributed by atoms with Crippen LogP contribution in [0.4, 0.5) is 0 Å². The highest BCUT2D eigenvalue weighted by atomic mass is 16.5. The molecule has 136 valence electrons. The van der Waals surface area contributed by atoms with Gasteiger partial charge in [-0.3, -0.25) is 4.79 Å². The molecule has 0 fully saturated rings. The van der Waals surface area contributed by atoms with Crippen molar-refractivity contribution >= 4 is 16.9 Å². The molecule has 1 unspecified atom stereocenters. The highest BCUT2D eigenvalue weighted by Crippen LogP contribution is 2.25. The lowest BCUT2D eigenvalue weighted by atomic mass is 10.0. The summed E-state index contributed by atoms with van der Waals surface area (Å²) in [5.74, 6) is 1.77. The van der Waals surface area contributed by atoms with Gasteiger partial charge in [-0.05, 0) is 24.1 Å². The van der Waals surface area contributed by atoms with Crippen LogP contribution in [0.5, 0.6) is 5.75 Å². The average molecular weight is 351 g/mol. The molecule has 0 radical (unpaired) electrons. The summed E-state index contributed by atoms with van der Waals surface area (Å²) >= 11 is 0. The number of aryl methyl sites for hydroxylation is 1. The van der Waals surface area contributed by atoms with Gasteiger partial charge in [0.2, 0.25) is 5.91 Å². The molecule has 5 heteroatoms. The number of hydrogen-bond donors (Lipinski definition) is 1. The van der Waals surface area contributed by atoms with E-state index in [0.29, 0.717) is 0 Å². The molecule has 1 heterocycles. The second-order valence-corrected chi connectivity index (χ2v) is 6.80. The molecule has 1 N–H and O–H groups in total. The molecule has 26 heavy (non-hydrogen) atoms. The molecule has 5 nitrogen and oxygen atoms in total. The lowest BCUT2D eigenvalue weighted by Crippen LogP contribution is -2.34. The van der Waals surface area contributed by atoms with Gasteiger partial charge >= 0.3 is 0 Å². The standard InChI is InChI=1S/C21H25N3O2/c1-14(2)20(21-22-16-10-6-7-11-17(16)24(21)3)23-19(25)13-15-9-5-8-12-18(15)26-4/h5-12,14,20H,13H2,1-4H3,(H,23,25). The molecule has 0 saturated carbocycles. The van der Waals surface area contributed by atoms with Crippen molar-refractivity contribution in [1.29, 1.82) is 0 Å². The molecule has 0 spiro atoms. The van der Waals surface area contributed by atoms with E-state index in [2.05, 4.69) is 23.7 Å². The van der Waals surface area contributed by atoms with Gasteiger partial charge in [0.25, 0.3) is 0 Å². The summed E-state index contributed by atoms with van der Waals surface area (Å²) in [5, 5.41) is 3.16. The Morgan fingerprint density at radius 3 is 2.54 bits per heavy atom. The zero-order valence-electron chi connectivity index (χ0n) is 15.7. The fraction of sp³-hybridized carbons (Fsp3) is 0.333. The van der Waals surface area contributed by atoms with Crippen LogP contribution in [-0.4, -0.2) is 22.6 Å². The molecule has 0 bridgehead atoms. The van der Waals surface area contributed by atoms with Crippen molar-refractivity contribution in [2.75, 3.05) is 7.11 Å². The minimum absolute atomic E-state index is 0.0414. The van der Waals surface area contributed by atoms with Crippen LogP contribution in [0.25, 0.3) is 11.0 Å². The lowest BCUT2D eigenvalue weighted by Gasteiger charge is -2.22. The Morgan fingerprint density at radius 1 is 1.15 bits per heavy atom. The molecule has 2 aromatic carbocycles. The number of para-hydroxylation sites is 3. The van der Waals surface area contributed by atoms with Crippen molar-refractivity contribution in [2.24, 2.45) is 13.0 Å². The number of fused-ring (bicyclic) bond motifs is 1. The van der Waals surface area contributed by atoms with Crippen molar-refractivity contribution < 1.29 is 9.53 Å². The molecule has 3 aromatic rings. The molecular weight excluding hydrogens is 326 g/mol. The van der Waals surface area contributed by atoms with Gasteiger partial charge in [0.05, 0.1) is 30.6 Å². The topological polar surface area (TPSA) is 56.1 Å². The highest BCUT2D eigenvalue weighted by Gasteiger charge is 2.24. The Labute approximate surface area is 154 Å². The van der Waals surface area contributed by atoms with Gasteiger partial charge in [0.15, 0.2) is 0 Å². The van der Waals surface area contributed by atoms with Crippen LogP contribution in [0.15, 0.2) is 48.5 Å². The van der Waals surface area contributed by atoms with Crippen molar-refractivity contribution in [1.82, 2.24) is 14.9 Å². The first-order chi connectivity index (χ1) is 12.5. The summed E-state index contributed by atoms with van der Waals surface area (Å²) in [4.78, 5) is 17.4. The van der Waals surface area contributed by atoms with E-state index in [4.69, 9.17) is 9.72 Å². The normalized spacial score (nSPS) is 12.3. The fourth-order valence-electron chi connectivity index (χ4n) is 3.22. The largest absolute Gasteiger partial charge is 0.496 e. The van der Waals surface area contributed by atoms with Crippen LogP contribution in [0.1, 0.15) is 31.3 Å². The number of amides is 1. The van der Waals surface area contributed by atoms with Crippen LogP contribution < -0.4 is 10.1 Å². The van der Waals surface area contributed by atoms with Crippen molar-refractivity contribution in [3.05, 3.63) is 59.9 Å². The zero-order valence-corrected chi connectivity index (χ0v) is 15.7. The molecule has 3 rings (SSSR count). The minimum atomic E-state index is -0.158. The molecule has 0 aliphatic rings. The van der Waals surface area contributed by atoms with E-state index in [1.165, 1.54) is 0 Å². The summed E-state index contributed by atoms with van der Waals surface area (Å²) in [6, 6.07) is 15.4. The maximum atomic E-state index is 12.7. The van der Waals surface area contributed by atoms with Crippen molar-refractivity contribution in [2.45, 2.75) is 26.3 Å². The molecule has 0 saturated heterocycles. The third kappa shape index (κ3) is 3.57. The van der Waals surface area contributed by atoms with Gasteiger partial charge in [-0.15, -0.1) is 0 Å². The Bertz CT molecular complexity index is 915. The molecular formula is C21H25N3O2. The van der Waals surface area contributed by atoms with E-state index in [1.807, 2.05) is 55.6 Å². The maximum Gasteiger partial charge on any atom is 0.225 e. The number of imidazole rings is 1. The van der Waals surface area contributed by atoms with E-state index in [1.54, 1.807) is 7.11 Å². The van der Waals surface area contributed by atoms with Crippen molar-refractivity contribution in [3.8, 4) is 5.75 Å². The quantitative estimate of drug-likeness (QED) is 0.738. The summed E-state index contributed by atoms with van der Waals surface area (Å²) in [6.07, 6.45) is 0.275. The number of nitrogens with zero attached hydrogens (tertiary/aromatic N) is 2. The van der Waals surface area contributed by atoms with Crippen LogP contribution in [-0.2, 0) is 18.3 Å².